The zero-order valence-corrected chi connectivity index (χ0v) is 16.5. The number of carbonyl (C=O) groups excluding carboxylic acids is 1. The van der Waals surface area contributed by atoms with Crippen molar-refractivity contribution in [3.05, 3.63) is 65.5 Å². The Kier molecular flexibility index (Phi) is 4.29. The van der Waals surface area contributed by atoms with Gasteiger partial charge in [-0.1, -0.05) is 36.4 Å². The maximum absolute atomic E-state index is 13.0. The lowest BCUT2D eigenvalue weighted by molar-refractivity contribution is 0.0921. The van der Waals surface area contributed by atoms with Gasteiger partial charge in [0.05, 0.1) is 17.3 Å². The van der Waals surface area contributed by atoms with Crippen LogP contribution in [0.25, 0.3) is 10.8 Å². The predicted octanol–water partition coefficient (Wildman–Crippen LogP) is 5.16. The van der Waals surface area contributed by atoms with E-state index in [9.17, 15) is 4.79 Å². The molecule has 4 nitrogen and oxygen atoms in total. The van der Waals surface area contributed by atoms with E-state index in [1.54, 1.807) is 0 Å². The Bertz CT molecular complexity index is 992. The molecule has 1 aliphatic carbocycles. The summed E-state index contributed by atoms with van der Waals surface area (Å²) >= 11 is 0. The van der Waals surface area contributed by atoms with Crippen LogP contribution >= 0.6 is 0 Å². The minimum atomic E-state index is -0.230. The van der Waals surface area contributed by atoms with Gasteiger partial charge in [-0.3, -0.25) is 9.48 Å². The maximum Gasteiger partial charge on any atom is 0.270 e. The summed E-state index contributed by atoms with van der Waals surface area (Å²) in [4.78, 5) is 13.0. The molecule has 1 saturated carbocycles. The fourth-order valence-electron chi connectivity index (χ4n) is 3.48. The van der Waals surface area contributed by atoms with Gasteiger partial charge in [0.1, 0.15) is 5.69 Å². The molecule has 1 N–H and O–H groups in total. The molecule has 1 aromatic heterocycles. The third-order valence-electron chi connectivity index (χ3n) is 5.21. The van der Waals surface area contributed by atoms with Crippen molar-refractivity contribution in [1.29, 1.82) is 0 Å². The normalized spacial score (nSPS) is 15.7. The molecule has 4 heteroatoms. The van der Waals surface area contributed by atoms with Crippen LogP contribution in [0, 0.1) is 0 Å². The molecule has 2 aromatic carbocycles. The topological polar surface area (TPSA) is 46.9 Å². The second kappa shape index (κ2) is 6.52. The molecule has 140 valence electrons. The third kappa shape index (κ3) is 3.61. The summed E-state index contributed by atoms with van der Waals surface area (Å²) in [5.41, 5.74) is 2.57. The SMILES string of the molecule is C[C@@H](NC(=O)c1cc(C2CC2)nn1C(C)(C)C)c1ccc2ccccc2c1. The number of nitrogens with zero attached hydrogens (tertiary/aromatic N) is 2. The molecular weight excluding hydrogens is 334 g/mol. The quantitative estimate of drug-likeness (QED) is 0.698. The third-order valence-corrected chi connectivity index (χ3v) is 5.21. The van der Waals surface area contributed by atoms with Crippen molar-refractivity contribution in [3.8, 4) is 0 Å². The maximum atomic E-state index is 13.0. The van der Waals surface area contributed by atoms with Crippen molar-refractivity contribution >= 4 is 16.7 Å². The first-order valence-corrected chi connectivity index (χ1v) is 9.73. The largest absolute Gasteiger partial charge is 0.344 e. The summed E-state index contributed by atoms with van der Waals surface area (Å²) in [7, 11) is 0. The van der Waals surface area contributed by atoms with Crippen molar-refractivity contribution in [2.45, 2.75) is 58.0 Å². The molecule has 0 saturated heterocycles. The Morgan fingerprint density at radius 2 is 1.81 bits per heavy atom. The van der Waals surface area contributed by atoms with Gasteiger partial charge >= 0.3 is 0 Å². The van der Waals surface area contributed by atoms with E-state index in [4.69, 9.17) is 5.10 Å². The van der Waals surface area contributed by atoms with E-state index in [1.807, 2.05) is 29.8 Å². The highest BCUT2D eigenvalue weighted by atomic mass is 16.2. The summed E-state index contributed by atoms with van der Waals surface area (Å²) in [6.45, 7) is 8.28. The van der Waals surface area contributed by atoms with Gasteiger partial charge in [-0.15, -0.1) is 0 Å². The molecule has 0 unspecified atom stereocenters. The van der Waals surface area contributed by atoms with E-state index in [0.29, 0.717) is 11.6 Å². The summed E-state index contributed by atoms with van der Waals surface area (Å²) in [5.74, 6) is 0.461. The highest BCUT2D eigenvalue weighted by Gasteiger charge is 2.31. The molecule has 1 heterocycles. The molecule has 1 fully saturated rings. The van der Waals surface area contributed by atoms with Gasteiger partial charge < -0.3 is 5.32 Å². The van der Waals surface area contributed by atoms with Crippen molar-refractivity contribution in [3.63, 3.8) is 0 Å². The van der Waals surface area contributed by atoms with Crippen molar-refractivity contribution < 1.29 is 4.79 Å². The van der Waals surface area contributed by atoms with Crippen LogP contribution < -0.4 is 5.32 Å². The second-order valence-corrected chi connectivity index (χ2v) is 8.61. The van der Waals surface area contributed by atoms with Crippen LogP contribution in [-0.4, -0.2) is 15.7 Å². The predicted molar refractivity (Wildman–Crippen MR) is 109 cm³/mol. The molecule has 27 heavy (non-hydrogen) atoms. The number of amides is 1. The van der Waals surface area contributed by atoms with Crippen LogP contribution in [0.2, 0.25) is 0 Å². The van der Waals surface area contributed by atoms with Crippen molar-refractivity contribution in [2.24, 2.45) is 0 Å². The smallest absolute Gasteiger partial charge is 0.270 e. The average molecular weight is 361 g/mol. The minimum absolute atomic E-state index is 0.0648. The number of fused-ring (bicyclic) bond motifs is 1. The lowest BCUT2D eigenvalue weighted by Crippen LogP contribution is -2.33. The second-order valence-electron chi connectivity index (χ2n) is 8.61. The number of benzene rings is 2. The molecule has 1 atom stereocenters. The van der Waals surface area contributed by atoms with Crippen LogP contribution in [0.5, 0.6) is 0 Å². The molecule has 0 radical (unpaired) electrons. The Balaban J connectivity index is 1.59. The fraction of sp³-hybridized carbons (Fsp3) is 0.391. The van der Waals surface area contributed by atoms with Gasteiger partial charge in [-0.25, -0.2) is 0 Å². The highest BCUT2D eigenvalue weighted by Crippen LogP contribution is 2.40. The van der Waals surface area contributed by atoms with Crippen LogP contribution in [0.1, 0.15) is 74.2 Å². The van der Waals surface area contributed by atoms with Crippen molar-refractivity contribution in [1.82, 2.24) is 15.1 Å². The van der Waals surface area contributed by atoms with E-state index < -0.39 is 0 Å². The van der Waals surface area contributed by atoms with E-state index in [0.717, 1.165) is 11.3 Å². The Hall–Kier alpha value is -2.62. The first kappa shape index (κ1) is 17.8. The summed E-state index contributed by atoms with van der Waals surface area (Å²) in [6, 6.07) is 16.5. The number of nitrogens with one attached hydrogen (secondary N) is 1. The van der Waals surface area contributed by atoms with E-state index in [1.165, 1.54) is 23.6 Å². The molecule has 0 spiro atoms. The molecule has 1 amide bonds. The molecule has 1 aliphatic rings. The number of hydrogen-bond acceptors (Lipinski definition) is 2. The molecular formula is C23H27N3O. The van der Waals surface area contributed by atoms with Crippen LogP contribution in [0.4, 0.5) is 0 Å². The Morgan fingerprint density at radius 3 is 2.48 bits per heavy atom. The van der Waals surface area contributed by atoms with Gasteiger partial charge in [-0.2, -0.15) is 5.10 Å². The van der Waals surface area contributed by atoms with Gasteiger partial charge in [0.15, 0.2) is 0 Å². The summed E-state index contributed by atoms with van der Waals surface area (Å²) in [5, 5.41) is 10.3. The van der Waals surface area contributed by atoms with E-state index in [-0.39, 0.29) is 17.5 Å². The standard InChI is InChI=1S/C23H27N3O/c1-15(18-12-9-16-7-5-6-8-19(16)13-18)24-22(27)21-14-20(17-10-11-17)25-26(21)23(2,3)4/h5-9,12-15,17H,10-11H2,1-4H3,(H,24,27)/t15-/m1/s1. The van der Waals surface area contributed by atoms with E-state index in [2.05, 4.69) is 56.4 Å². The number of carbonyl (C=O) groups is 1. The average Bonchev–Trinajstić information content (AvgIpc) is 3.38. The van der Waals surface area contributed by atoms with Gasteiger partial charge in [0, 0.05) is 5.92 Å². The van der Waals surface area contributed by atoms with Crippen LogP contribution in [0.15, 0.2) is 48.5 Å². The Morgan fingerprint density at radius 1 is 1.11 bits per heavy atom. The monoisotopic (exact) mass is 361 g/mol. The lowest BCUT2D eigenvalue weighted by Gasteiger charge is -2.23. The fourth-order valence-corrected chi connectivity index (χ4v) is 3.48. The molecule has 0 aliphatic heterocycles. The van der Waals surface area contributed by atoms with Gasteiger partial charge in [-0.05, 0) is 69.0 Å². The first-order chi connectivity index (χ1) is 12.8. The number of aromatic nitrogens is 2. The molecule has 4 rings (SSSR count). The number of hydrogen-bond donors (Lipinski definition) is 1. The van der Waals surface area contributed by atoms with Crippen LogP contribution in [0.3, 0.4) is 0 Å². The van der Waals surface area contributed by atoms with Crippen LogP contribution in [-0.2, 0) is 5.54 Å². The van der Waals surface area contributed by atoms with Crippen molar-refractivity contribution in [2.75, 3.05) is 0 Å². The van der Waals surface area contributed by atoms with Gasteiger partial charge in [0.25, 0.3) is 5.91 Å². The minimum Gasteiger partial charge on any atom is -0.344 e. The summed E-state index contributed by atoms with van der Waals surface area (Å²) in [6.07, 6.45) is 2.35. The molecule has 0 bridgehead atoms. The summed E-state index contributed by atoms with van der Waals surface area (Å²) < 4.78 is 1.88. The Labute approximate surface area is 160 Å². The zero-order valence-electron chi connectivity index (χ0n) is 16.5. The lowest BCUT2D eigenvalue weighted by atomic mass is 10.0. The van der Waals surface area contributed by atoms with Gasteiger partial charge in [0.2, 0.25) is 0 Å². The highest BCUT2D eigenvalue weighted by molar-refractivity contribution is 5.93. The number of rotatable bonds is 4. The zero-order chi connectivity index (χ0) is 19.2. The first-order valence-electron chi connectivity index (χ1n) is 9.73. The molecule has 3 aromatic rings. The van der Waals surface area contributed by atoms with E-state index >= 15 is 0 Å².